The number of fused-ring (bicyclic) bond motifs is 1. The number of ketones is 1. The van der Waals surface area contributed by atoms with Crippen LogP contribution in [0.15, 0.2) is 36.7 Å². The molecule has 0 atom stereocenters. The van der Waals surface area contributed by atoms with Crippen molar-refractivity contribution in [1.82, 2.24) is 4.98 Å². The maximum Gasteiger partial charge on any atom is 0.234 e. The molecule has 0 radical (unpaired) electrons. The van der Waals surface area contributed by atoms with Crippen molar-refractivity contribution in [3.63, 3.8) is 0 Å². The van der Waals surface area contributed by atoms with E-state index >= 15 is 0 Å². The van der Waals surface area contributed by atoms with Gasteiger partial charge in [-0.25, -0.2) is 0 Å². The first-order chi connectivity index (χ1) is 8.24. The number of amides is 1. The zero-order valence-corrected chi connectivity index (χ0v) is 9.09. The van der Waals surface area contributed by atoms with Crippen molar-refractivity contribution in [3.05, 3.63) is 36.7 Å². The minimum absolute atomic E-state index is 0.0222. The summed E-state index contributed by atoms with van der Waals surface area (Å²) in [5.41, 5.74) is 0.777. The van der Waals surface area contributed by atoms with Gasteiger partial charge in [-0.15, -0.1) is 0 Å². The van der Waals surface area contributed by atoms with E-state index in [1.54, 1.807) is 12.4 Å². The molecule has 4 nitrogen and oxygen atoms in total. The van der Waals surface area contributed by atoms with Gasteiger partial charge in [-0.1, -0.05) is 6.07 Å². The fourth-order valence-corrected chi connectivity index (χ4v) is 2.06. The Morgan fingerprint density at radius 2 is 2.00 bits per heavy atom. The second kappa shape index (κ2) is 3.66. The highest BCUT2D eigenvalue weighted by atomic mass is 16.2. The van der Waals surface area contributed by atoms with Crippen LogP contribution in [0, 0.1) is 0 Å². The molecule has 17 heavy (non-hydrogen) atoms. The first-order valence-corrected chi connectivity index (χ1v) is 5.40. The van der Waals surface area contributed by atoms with Crippen molar-refractivity contribution in [2.45, 2.75) is 6.42 Å². The number of hydrogen-bond acceptors (Lipinski definition) is 3. The summed E-state index contributed by atoms with van der Waals surface area (Å²) in [5, 5.41) is 2.04. The van der Waals surface area contributed by atoms with Crippen LogP contribution < -0.4 is 4.90 Å². The molecule has 0 unspecified atom stereocenters. The third-order valence-corrected chi connectivity index (χ3v) is 2.92. The minimum Gasteiger partial charge on any atom is -0.305 e. The molecule has 1 aromatic heterocycles. The Morgan fingerprint density at radius 3 is 2.76 bits per heavy atom. The SMILES string of the molecule is O=C1CC(=O)N(c2ccc3cnccc3c2)C1. The predicted molar refractivity (Wildman–Crippen MR) is 63.7 cm³/mol. The second-order valence-corrected chi connectivity index (χ2v) is 4.10. The van der Waals surface area contributed by atoms with Gasteiger partial charge in [-0.3, -0.25) is 14.6 Å². The molecule has 1 saturated heterocycles. The average molecular weight is 226 g/mol. The lowest BCUT2D eigenvalue weighted by Crippen LogP contribution is -2.24. The monoisotopic (exact) mass is 226 g/mol. The van der Waals surface area contributed by atoms with Crippen molar-refractivity contribution >= 4 is 28.2 Å². The highest BCUT2D eigenvalue weighted by molar-refractivity contribution is 6.15. The van der Waals surface area contributed by atoms with Crippen molar-refractivity contribution in [3.8, 4) is 0 Å². The van der Waals surface area contributed by atoms with Gasteiger partial charge in [-0.2, -0.15) is 0 Å². The van der Waals surface area contributed by atoms with E-state index in [1.165, 1.54) is 4.90 Å². The van der Waals surface area contributed by atoms with E-state index in [9.17, 15) is 9.59 Å². The van der Waals surface area contributed by atoms with Gasteiger partial charge >= 0.3 is 0 Å². The fraction of sp³-hybridized carbons (Fsp3) is 0.154. The van der Waals surface area contributed by atoms with Crippen LogP contribution in [-0.2, 0) is 9.59 Å². The topological polar surface area (TPSA) is 50.3 Å². The molecule has 0 bridgehead atoms. The highest BCUT2D eigenvalue weighted by Crippen LogP contribution is 2.24. The summed E-state index contributed by atoms with van der Waals surface area (Å²) in [6.45, 7) is 0.190. The number of aromatic nitrogens is 1. The number of benzene rings is 1. The van der Waals surface area contributed by atoms with Crippen LogP contribution in [-0.4, -0.2) is 23.2 Å². The lowest BCUT2D eigenvalue weighted by Gasteiger charge is -2.15. The van der Waals surface area contributed by atoms with Crippen LogP contribution in [0.1, 0.15) is 6.42 Å². The van der Waals surface area contributed by atoms with Crippen LogP contribution in [0.3, 0.4) is 0 Å². The fourth-order valence-electron chi connectivity index (χ4n) is 2.06. The number of nitrogens with zero attached hydrogens (tertiary/aromatic N) is 2. The third-order valence-electron chi connectivity index (χ3n) is 2.92. The quantitative estimate of drug-likeness (QED) is 0.693. The molecular weight excluding hydrogens is 216 g/mol. The molecule has 0 N–H and O–H groups in total. The Hall–Kier alpha value is -2.23. The third kappa shape index (κ3) is 1.67. The summed E-state index contributed by atoms with van der Waals surface area (Å²) >= 11 is 0. The Kier molecular flexibility index (Phi) is 2.14. The second-order valence-electron chi connectivity index (χ2n) is 4.10. The van der Waals surface area contributed by atoms with Gasteiger partial charge in [0.25, 0.3) is 0 Å². The van der Waals surface area contributed by atoms with Gasteiger partial charge < -0.3 is 4.90 Å². The number of hydrogen-bond donors (Lipinski definition) is 0. The van der Waals surface area contributed by atoms with Crippen LogP contribution >= 0.6 is 0 Å². The lowest BCUT2D eigenvalue weighted by molar-refractivity contribution is -0.121. The van der Waals surface area contributed by atoms with E-state index in [4.69, 9.17) is 0 Å². The zero-order valence-electron chi connectivity index (χ0n) is 9.09. The van der Waals surface area contributed by atoms with E-state index < -0.39 is 0 Å². The molecule has 2 aromatic rings. The van der Waals surface area contributed by atoms with Crippen LogP contribution in [0.25, 0.3) is 10.8 Å². The number of rotatable bonds is 1. The molecule has 2 heterocycles. The van der Waals surface area contributed by atoms with Gasteiger partial charge in [0.15, 0.2) is 5.78 Å². The molecule has 84 valence electrons. The summed E-state index contributed by atoms with van der Waals surface area (Å²) in [6.07, 6.45) is 3.51. The number of Topliss-reactive ketones (excluding diaryl/α,β-unsaturated/α-hetero) is 1. The summed E-state index contributed by atoms with van der Waals surface area (Å²) in [6, 6.07) is 7.56. The van der Waals surface area contributed by atoms with E-state index in [1.807, 2.05) is 24.3 Å². The van der Waals surface area contributed by atoms with E-state index in [-0.39, 0.29) is 24.7 Å². The summed E-state index contributed by atoms with van der Waals surface area (Å²) < 4.78 is 0. The lowest BCUT2D eigenvalue weighted by atomic mass is 10.1. The smallest absolute Gasteiger partial charge is 0.234 e. The van der Waals surface area contributed by atoms with Crippen molar-refractivity contribution < 1.29 is 9.59 Å². The summed E-state index contributed by atoms with van der Waals surface area (Å²) in [5.74, 6) is -0.145. The molecule has 1 fully saturated rings. The molecule has 1 aromatic carbocycles. The van der Waals surface area contributed by atoms with Crippen molar-refractivity contribution in [2.24, 2.45) is 0 Å². The molecule has 1 aliphatic heterocycles. The molecule has 1 amide bonds. The molecule has 0 aliphatic carbocycles. The molecular formula is C13H10N2O2. The van der Waals surface area contributed by atoms with Gasteiger partial charge in [0.05, 0.1) is 13.0 Å². The molecule has 0 spiro atoms. The maximum atomic E-state index is 11.6. The maximum absolute atomic E-state index is 11.6. The predicted octanol–water partition coefficient (Wildman–Crippen LogP) is 1.54. The molecule has 4 heteroatoms. The minimum atomic E-state index is -0.122. The summed E-state index contributed by atoms with van der Waals surface area (Å²) in [4.78, 5) is 28.4. The van der Waals surface area contributed by atoms with Crippen molar-refractivity contribution in [1.29, 1.82) is 0 Å². The van der Waals surface area contributed by atoms with E-state index in [0.29, 0.717) is 0 Å². The van der Waals surface area contributed by atoms with Gasteiger partial charge in [0.1, 0.15) is 0 Å². The van der Waals surface area contributed by atoms with E-state index in [2.05, 4.69) is 4.98 Å². The number of carbonyl (C=O) groups excluding carboxylic acids is 2. The zero-order chi connectivity index (χ0) is 11.8. The van der Waals surface area contributed by atoms with Crippen molar-refractivity contribution in [2.75, 3.05) is 11.4 Å². The normalized spacial score (nSPS) is 15.9. The van der Waals surface area contributed by atoms with E-state index in [0.717, 1.165) is 16.5 Å². The largest absolute Gasteiger partial charge is 0.305 e. The average Bonchev–Trinajstić information content (AvgIpc) is 2.68. The standard InChI is InChI=1S/C13H10N2O2/c16-12-6-13(17)15(8-12)11-2-1-10-7-14-4-3-9(10)5-11/h1-5,7H,6,8H2. The van der Waals surface area contributed by atoms with Gasteiger partial charge in [0.2, 0.25) is 5.91 Å². The summed E-state index contributed by atoms with van der Waals surface area (Å²) in [7, 11) is 0. The first kappa shape index (κ1) is 9.96. The van der Waals surface area contributed by atoms with Crippen LogP contribution in [0.2, 0.25) is 0 Å². The Bertz CT molecular complexity index is 622. The van der Waals surface area contributed by atoms with Crippen LogP contribution in [0.5, 0.6) is 0 Å². The Balaban J connectivity index is 2.06. The number of pyridine rings is 1. The molecule has 0 saturated carbocycles. The molecule has 3 rings (SSSR count). The number of carbonyl (C=O) groups is 2. The Morgan fingerprint density at radius 1 is 1.12 bits per heavy atom. The molecule has 1 aliphatic rings. The highest BCUT2D eigenvalue weighted by Gasteiger charge is 2.28. The van der Waals surface area contributed by atoms with Gasteiger partial charge in [-0.05, 0) is 23.6 Å². The van der Waals surface area contributed by atoms with Gasteiger partial charge in [0, 0.05) is 23.5 Å². The van der Waals surface area contributed by atoms with Crippen LogP contribution in [0.4, 0.5) is 5.69 Å². The Labute approximate surface area is 97.9 Å². The number of anilines is 1. The first-order valence-electron chi connectivity index (χ1n) is 5.40.